The number of methoxy groups -OCH3 is 2. The molecular formula is C16H13N5O3S2. The van der Waals surface area contributed by atoms with E-state index < -0.39 is 0 Å². The van der Waals surface area contributed by atoms with Gasteiger partial charge in [0.15, 0.2) is 17.3 Å². The quantitative estimate of drug-likeness (QED) is 0.566. The van der Waals surface area contributed by atoms with E-state index in [0.29, 0.717) is 32.3 Å². The monoisotopic (exact) mass is 387 g/mol. The molecule has 0 aliphatic rings. The van der Waals surface area contributed by atoms with E-state index in [2.05, 4.69) is 20.6 Å². The maximum absolute atomic E-state index is 12.2. The molecule has 4 aromatic rings. The van der Waals surface area contributed by atoms with Crippen molar-refractivity contribution >= 4 is 38.7 Å². The lowest BCUT2D eigenvalue weighted by Crippen LogP contribution is -2.10. The van der Waals surface area contributed by atoms with Crippen molar-refractivity contribution in [2.24, 2.45) is 0 Å². The molecule has 0 atom stereocenters. The van der Waals surface area contributed by atoms with Gasteiger partial charge in [-0.25, -0.2) is 0 Å². The van der Waals surface area contributed by atoms with Crippen LogP contribution in [-0.2, 0) is 0 Å². The molecule has 1 N–H and O–H groups in total. The van der Waals surface area contributed by atoms with Crippen molar-refractivity contribution in [2.75, 3.05) is 19.5 Å². The standard InChI is InChI=1S/C16H13N5O3S2/c1-23-10-6-5-9(8-11(10)24-2)13-18-19-16-21(13)20-15(26-16)17-14(22)12-4-3-7-25-12/h3-8H,1-2H3,(H,17,20,22). The number of benzene rings is 1. The zero-order chi connectivity index (χ0) is 18.1. The van der Waals surface area contributed by atoms with Crippen LogP contribution in [0.25, 0.3) is 16.3 Å². The van der Waals surface area contributed by atoms with Crippen LogP contribution in [0.5, 0.6) is 11.5 Å². The van der Waals surface area contributed by atoms with Crippen molar-refractivity contribution in [3.8, 4) is 22.9 Å². The van der Waals surface area contributed by atoms with Crippen molar-refractivity contribution in [2.45, 2.75) is 0 Å². The van der Waals surface area contributed by atoms with E-state index in [1.165, 1.54) is 22.7 Å². The summed E-state index contributed by atoms with van der Waals surface area (Å²) in [5.41, 5.74) is 0.775. The number of thiophene rings is 1. The molecule has 0 spiro atoms. The van der Waals surface area contributed by atoms with E-state index in [4.69, 9.17) is 9.47 Å². The molecule has 0 fully saturated rings. The van der Waals surface area contributed by atoms with Gasteiger partial charge in [0.05, 0.1) is 19.1 Å². The second-order valence-electron chi connectivity index (χ2n) is 5.13. The molecule has 0 bridgehead atoms. The summed E-state index contributed by atoms with van der Waals surface area (Å²) in [6.45, 7) is 0. The third-order valence-corrected chi connectivity index (χ3v) is 5.28. The zero-order valence-corrected chi connectivity index (χ0v) is 15.4. The summed E-state index contributed by atoms with van der Waals surface area (Å²) in [6, 6.07) is 9.03. The van der Waals surface area contributed by atoms with Gasteiger partial charge in [-0.05, 0) is 29.6 Å². The molecule has 10 heteroatoms. The molecule has 0 aliphatic heterocycles. The molecule has 0 saturated carbocycles. The van der Waals surface area contributed by atoms with Crippen LogP contribution in [0.1, 0.15) is 9.67 Å². The first-order valence-corrected chi connectivity index (χ1v) is 9.18. The van der Waals surface area contributed by atoms with Gasteiger partial charge in [0, 0.05) is 5.56 Å². The highest BCUT2D eigenvalue weighted by Gasteiger charge is 2.17. The zero-order valence-electron chi connectivity index (χ0n) is 13.8. The van der Waals surface area contributed by atoms with Crippen molar-refractivity contribution in [3.05, 3.63) is 40.6 Å². The summed E-state index contributed by atoms with van der Waals surface area (Å²) >= 11 is 2.62. The third kappa shape index (κ3) is 2.89. The number of amides is 1. The number of hydrogen-bond acceptors (Lipinski definition) is 8. The normalized spacial score (nSPS) is 10.8. The highest BCUT2D eigenvalue weighted by atomic mass is 32.1. The number of nitrogens with zero attached hydrogens (tertiary/aromatic N) is 4. The Hall–Kier alpha value is -2.98. The maximum atomic E-state index is 12.2. The van der Waals surface area contributed by atoms with E-state index in [1.54, 1.807) is 36.9 Å². The molecule has 1 aromatic carbocycles. The molecule has 0 saturated heterocycles. The highest BCUT2D eigenvalue weighted by Crippen LogP contribution is 2.32. The average molecular weight is 387 g/mol. The van der Waals surface area contributed by atoms with E-state index in [9.17, 15) is 4.79 Å². The number of carbonyl (C=O) groups excluding carboxylic acids is 1. The smallest absolute Gasteiger partial charge is 0.267 e. The molecule has 0 unspecified atom stereocenters. The van der Waals surface area contributed by atoms with Crippen LogP contribution in [0.2, 0.25) is 0 Å². The second kappa shape index (κ2) is 6.73. The largest absolute Gasteiger partial charge is 0.493 e. The number of nitrogens with one attached hydrogen (secondary N) is 1. The number of carbonyl (C=O) groups is 1. The van der Waals surface area contributed by atoms with Gasteiger partial charge in [0.25, 0.3) is 5.91 Å². The Labute approximate surface area is 156 Å². The molecule has 3 aromatic heterocycles. The Morgan fingerprint density at radius 1 is 1.15 bits per heavy atom. The molecule has 0 radical (unpaired) electrons. The number of anilines is 1. The SMILES string of the molecule is COc1ccc(-c2nnc3sc(NC(=O)c4cccs4)nn23)cc1OC. The molecular weight excluding hydrogens is 374 g/mol. The molecule has 4 rings (SSSR count). The summed E-state index contributed by atoms with van der Waals surface area (Å²) < 4.78 is 12.2. The fourth-order valence-electron chi connectivity index (χ4n) is 2.39. The average Bonchev–Trinajstić information content (AvgIpc) is 3.38. The highest BCUT2D eigenvalue weighted by molar-refractivity contribution is 7.20. The van der Waals surface area contributed by atoms with Crippen LogP contribution >= 0.6 is 22.7 Å². The Bertz CT molecular complexity index is 1070. The predicted octanol–water partition coefficient (Wildman–Crippen LogP) is 3.18. The van der Waals surface area contributed by atoms with Crippen molar-refractivity contribution in [3.63, 3.8) is 0 Å². The minimum absolute atomic E-state index is 0.197. The van der Waals surface area contributed by atoms with Crippen LogP contribution in [-0.4, -0.2) is 39.9 Å². The van der Waals surface area contributed by atoms with Crippen LogP contribution < -0.4 is 14.8 Å². The lowest BCUT2D eigenvalue weighted by molar-refractivity contribution is 0.103. The first kappa shape index (κ1) is 16.5. The van der Waals surface area contributed by atoms with Crippen LogP contribution in [0.4, 0.5) is 5.13 Å². The van der Waals surface area contributed by atoms with Gasteiger partial charge in [-0.1, -0.05) is 17.4 Å². The number of aromatic nitrogens is 4. The van der Waals surface area contributed by atoms with E-state index in [1.807, 2.05) is 17.5 Å². The number of ether oxygens (including phenoxy) is 2. The van der Waals surface area contributed by atoms with Gasteiger partial charge >= 0.3 is 0 Å². The Balaban J connectivity index is 1.67. The minimum atomic E-state index is -0.197. The fraction of sp³-hybridized carbons (Fsp3) is 0.125. The van der Waals surface area contributed by atoms with Gasteiger partial charge in [-0.15, -0.1) is 26.6 Å². The second-order valence-corrected chi connectivity index (χ2v) is 7.03. The molecule has 26 heavy (non-hydrogen) atoms. The summed E-state index contributed by atoms with van der Waals surface area (Å²) in [4.78, 5) is 13.4. The lowest BCUT2D eigenvalue weighted by atomic mass is 10.2. The van der Waals surface area contributed by atoms with E-state index in [0.717, 1.165) is 5.56 Å². The maximum Gasteiger partial charge on any atom is 0.267 e. The van der Waals surface area contributed by atoms with Crippen LogP contribution in [0.15, 0.2) is 35.7 Å². The van der Waals surface area contributed by atoms with Gasteiger partial charge in [-0.3, -0.25) is 10.1 Å². The van der Waals surface area contributed by atoms with Gasteiger partial charge in [0.1, 0.15) is 0 Å². The van der Waals surface area contributed by atoms with Crippen molar-refractivity contribution in [1.82, 2.24) is 19.8 Å². The minimum Gasteiger partial charge on any atom is -0.493 e. The number of hydrogen-bond donors (Lipinski definition) is 1. The Morgan fingerprint density at radius 2 is 2.00 bits per heavy atom. The first-order chi connectivity index (χ1) is 12.7. The summed E-state index contributed by atoms with van der Waals surface area (Å²) in [5, 5.41) is 17.8. The van der Waals surface area contributed by atoms with Gasteiger partial charge < -0.3 is 9.47 Å². The summed E-state index contributed by atoms with van der Waals surface area (Å²) in [5.74, 6) is 1.56. The molecule has 3 heterocycles. The molecule has 8 nitrogen and oxygen atoms in total. The Morgan fingerprint density at radius 3 is 2.73 bits per heavy atom. The summed E-state index contributed by atoms with van der Waals surface area (Å²) in [7, 11) is 3.15. The van der Waals surface area contributed by atoms with Crippen molar-refractivity contribution in [1.29, 1.82) is 0 Å². The third-order valence-electron chi connectivity index (χ3n) is 3.60. The van der Waals surface area contributed by atoms with Gasteiger partial charge in [0.2, 0.25) is 10.1 Å². The fourth-order valence-corrected chi connectivity index (χ4v) is 3.74. The predicted molar refractivity (Wildman–Crippen MR) is 99.5 cm³/mol. The van der Waals surface area contributed by atoms with Gasteiger partial charge in [-0.2, -0.15) is 4.52 Å². The van der Waals surface area contributed by atoms with E-state index >= 15 is 0 Å². The Kier molecular flexibility index (Phi) is 4.27. The molecule has 1 amide bonds. The summed E-state index contributed by atoms with van der Waals surface area (Å²) in [6.07, 6.45) is 0. The topological polar surface area (TPSA) is 90.6 Å². The number of fused-ring (bicyclic) bond motifs is 1. The first-order valence-electron chi connectivity index (χ1n) is 7.49. The number of rotatable bonds is 5. The van der Waals surface area contributed by atoms with Crippen molar-refractivity contribution < 1.29 is 14.3 Å². The van der Waals surface area contributed by atoms with E-state index in [-0.39, 0.29) is 5.91 Å². The molecule has 0 aliphatic carbocycles. The lowest BCUT2D eigenvalue weighted by Gasteiger charge is -2.08. The molecule has 132 valence electrons. The van der Waals surface area contributed by atoms with Crippen LogP contribution in [0.3, 0.4) is 0 Å². The van der Waals surface area contributed by atoms with Crippen LogP contribution in [0, 0.1) is 0 Å².